The highest BCUT2D eigenvalue weighted by molar-refractivity contribution is 6.04. The lowest BCUT2D eigenvalue weighted by Crippen LogP contribution is -2.25. The van der Waals surface area contributed by atoms with E-state index in [0.29, 0.717) is 11.4 Å². The molecule has 1 amide bonds. The van der Waals surface area contributed by atoms with Crippen molar-refractivity contribution in [1.29, 1.82) is 0 Å². The minimum atomic E-state index is -0.597. The van der Waals surface area contributed by atoms with E-state index in [4.69, 9.17) is 0 Å². The molecule has 0 saturated carbocycles. The highest BCUT2D eigenvalue weighted by Gasteiger charge is 2.17. The zero-order valence-electron chi connectivity index (χ0n) is 12.9. The second-order valence-corrected chi connectivity index (χ2v) is 5.29. The van der Waals surface area contributed by atoms with E-state index in [1.165, 1.54) is 0 Å². The molecule has 120 valence electrons. The summed E-state index contributed by atoms with van der Waals surface area (Å²) < 4.78 is 1.09. The highest BCUT2D eigenvalue weighted by atomic mass is 16.3. The molecule has 0 fully saturated rings. The Hall–Kier alpha value is -3.41. The first-order valence-electron chi connectivity index (χ1n) is 7.31. The van der Waals surface area contributed by atoms with Crippen LogP contribution in [-0.2, 0) is 0 Å². The van der Waals surface area contributed by atoms with Crippen LogP contribution in [0.2, 0.25) is 0 Å². The van der Waals surface area contributed by atoms with Gasteiger partial charge in [0.05, 0.1) is 5.69 Å². The fraction of sp³-hybridized carbons (Fsp3) is 0.0556. The molecule has 2 N–H and O–H groups in total. The van der Waals surface area contributed by atoms with Gasteiger partial charge in [0.15, 0.2) is 11.4 Å². The van der Waals surface area contributed by atoms with E-state index in [0.717, 1.165) is 16.3 Å². The van der Waals surface area contributed by atoms with E-state index in [-0.39, 0.29) is 5.69 Å². The molecule has 0 atom stereocenters. The summed E-state index contributed by atoms with van der Waals surface area (Å²) in [5.74, 6) is -1.06. The fourth-order valence-electron chi connectivity index (χ4n) is 2.27. The third-order valence-electron chi connectivity index (χ3n) is 3.40. The van der Waals surface area contributed by atoms with Gasteiger partial charge in [-0.05, 0) is 36.8 Å². The summed E-state index contributed by atoms with van der Waals surface area (Å²) >= 11 is 0. The molecule has 24 heavy (non-hydrogen) atoms. The third-order valence-corrected chi connectivity index (χ3v) is 3.40. The molecule has 0 aliphatic heterocycles. The smallest absolute Gasteiger partial charge is 0.279 e. The summed E-state index contributed by atoms with van der Waals surface area (Å²) in [7, 11) is 0. The lowest BCUT2D eigenvalue weighted by Gasteiger charge is -2.10. The number of aromatic nitrogens is 2. The third kappa shape index (κ3) is 3.17. The molecule has 0 unspecified atom stereocenters. The van der Waals surface area contributed by atoms with Crippen LogP contribution in [0.5, 0.6) is 5.75 Å². The van der Waals surface area contributed by atoms with Crippen molar-refractivity contribution >= 4 is 11.6 Å². The number of hydrogen-bond acceptors (Lipinski definition) is 4. The van der Waals surface area contributed by atoms with Gasteiger partial charge in [0.2, 0.25) is 0 Å². The predicted molar refractivity (Wildman–Crippen MR) is 90.6 cm³/mol. The quantitative estimate of drug-likeness (QED) is 0.776. The Kier molecular flexibility index (Phi) is 4.11. The molecule has 0 bridgehead atoms. The van der Waals surface area contributed by atoms with Crippen LogP contribution in [0, 0.1) is 6.92 Å². The minimum Gasteiger partial charge on any atom is -0.505 e. The molecule has 0 spiro atoms. The lowest BCUT2D eigenvalue weighted by atomic mass is 10.2. The largest absolute Gasteiger partial charge is 0.505 e. The maximum atomic E-state index is 12.3. The van der Waals surface area contributed by atoms with Gasteiger partial charge < -0.3 is 10.4 Å². The van der Waals surface area contributed by atoms with Gasteiger partial charge in [-0.3, -0.25) is 9.59 Å². The normalized spacial score (nSPS) is 10.4. The Morgan fingerprint density at radius 3 is 2.54 bits per heavy atom. The van der Waals surface area contributed by atoms with Crippen LogP contribution in [0.25, 0.3) is 5.69 Å². The number of aryl methyl sites for hydroxylation is 1. The van der Waals surface area contributed by atoms with E-state index in [1.54, 1.807) is 42.5 Å². The van der Waals surface area contributed by atoms with Crippen molar-refractivity contribution in [3.05, 3.63) is 82.3 Å². The number of hydrogen-bond donors (Lipinski definition) is 2. The standard InChI is InChI=1S/C18H15N3O3/c1-12-6-5-9-14(10-12)21-16(23)11-15(22)17(20-21)18(24)19-13-7-3-2-4-8-13/h2-11,22H,1H3,(H,19,24). The van der Waals surface area contributed by atoms with Crippen molar-refractivity contribution in [2.75, 3.05) is 5.32 Å². The van der Waals surface area contributed by atoms with E-state index in [9.17, 15) is 14.7 Å². The summed E-state index contributed by atoms with van der Waals surface area (Å²) in [5.41, 5.74) is 1.30. The molecular formula is C18H15N3O3. The first-order valence-corrected chi connectivity index (χ1v) is 7.31. The number of amides is 1. The van der Waals surface area contributed by atoms with Crippen LogP contribution in [0.15, 0.2) is 65.5 Å². The molecule has 6 heteroatoms. The minimum absolute atomic E-state index is 0.222. The van der Waals surface area contributed by atoms with Crippen LogP contribution in [0.4, 0.5) is 5.69 Å². The second-order valence-electron chi connectivity index (χ2n) is 5.29. The van der Waals surface area contributed by atoms with E-state index in [1.807, 2.05) is 19.1 Å². The lowest BCUT2D eigenvalue weighted by molar-refractivity contribution is 0.101. The fourth-order valence-corrected chi connectivity index (χ4v) is 2.27. The van der Waals surface area contributed by atoms with Crippen molar-refractivity contribution in [1.82, 2.24) is 9.78 Å². The topological polar surface area (TPSA) is 84.2 Å². The predicted octanol–water partition coefficient (Wildman–Crippen LogP) is 2.50. The zero-order valence-corrected chi connectivity index (χ0v) is 12.9. The molecule has 0 radical (unpaired) electrons. The van der Waals surface area contributed by atoms with Crippen molar-refractivity contribution in [2.24, 2.45) is 0 Å². The summed E-state index contributed by atoms with van der Waals surface area (Å²) in [6.45, 7) is 1.89. The number of nitrogens with one attached hydrogen (secondary N) is 1. The molecule has 0 aliphatic carbocycles. The van der Waals surface area contributed by atoms with Gasteiger partial charge in [-0.15, -0.1) is 0 Å². The molecule has 0 saturated heterocycles. The van der Waals surface area contributed by atoms with Gasteiger partial charge in [0.25, 0.3) is 11.5 Å². The van der Waals surface area contributed by atoms with Crippen LogP contribution < -0.4 is 10.9 Å². The van der Waals surface area contributed by atoms with Gasteiger partial charge in [-0.2, -0.15) is 9.78 Å². The van der Waals surface area contributed by atoms with Crippen LogP contribution in [0.3, 0.4) is 0 Å². The van der Waals surface area contributed by atoms with E-state index >= 15 is 0 Å². The van der Waals surface area contributed by atoms with Crippen LogP contribution >= 0.6 is 0 Å². The Labute approximate surface area is 138 Å². The number of anilines is 1. The van der Waals surface area contributed by atoms with Gasteiger partial charge in [-0.1, -0.05) is 30.3 Å². The summed E-state index contributed by atoms with van der Waals surface area (Å²) in [5, 5.41) is 16.6. The molecule has 3 rings (SSSR count). The van der Waals surface area contributed by atoms with Gasteiger partial charge in [0.1, 0.15) is 0 Å². The molecule has 2 aromatic carbocycles. The molecular weight excluding hydrogens is 306 g/mol. The summed E-state index contributed by atoms with van der Waals surface area (Å²) in [6, 6.07) is 16.9. The summed E-state index contributed by atoms with van der Waals surface area (Å²) in [6.07, 6.45) is 0. The molecule has 3 aromatic rings. The Balaban J connectivity index is 2.01. The van der Waals surface area contributed by atoms with Gasteiger partial charge >= 0.3 is 0 Å². The average molecular weight is 321 g/mol. The number of benzene rings is 2. The molecule has 6 nitrogen and oxygen atoms in total. The van der Waals surface area contributed by atoms with Crippen LogP contribution in [0.1, 0.15) is 16.1 Å². The van der Waals surface area contributed by atoms with E-state index in [2.05, 4.69) is 10.4 Å². The maximum absolute atomic E-state index is 12.3. The summed E-state index contributed by atoms with van der Waals surface area (Å²) in [4.78, 5) is 24.4. The Morgan fingerprint density at radius 2 is 1.83 bits per heavy atom. The Morgan fingerprint density at radius 1 is 1.08 bits per heavy atom. The van der Waals surface area contributed by atoms with Crippen molar-refractivity contribution < 1.29 is 9.90 Å². The molecule has 1 heterocycles. The monoisotopic (exact) mass is 321 g/mol. The number of nitrogens with zero attached hydrogens (tertiary/aromatic N) is 2. The first kappa shape index (κ1) is 15.5. The number of rotatable bonds is 3. The number of carbonyl (C=O) groups is 1. The number of carbonyl (C=O) groups excluding carboxylic acids is 1. The van der Waals surface area contributed by atoms with Crippen molar-refractivity contribution in [3.8, 4) is 11.4 Å². The van der Waals surface area contributed by atoms with Gasteiger partial charge in [0, 0.05) is 11.8 Å². The maximum Gasteiger partial charge on any atom is 0.279 e. The second kappa shape index (κ2) is 6.37. The zero-order chi connectivity index (χ0) is 17.1. The first-order chi connectivity index (χ1) is 11.5. The van der Waals surface area contributed by atoms with E-state index < -0.39 is 17.2 Å². The average Bonchev–Trinajstić information content (AvgIpc) is 2.55. The van der Waals surface area contributed by atoms with Gasteiger partial charge in [-0.25, -0.2) is 0 Å². The highest BCUT2D eigenvalue weighted by Crippen LogP contribution is 2.15. The van der Waals surface area contributed by atoms with Crippen molar-refractivity contribution in [2.45, 2.75) is 6.92 Å². The van der Waals surface area contributed by atoms with Crippen LogP contribution in [-0.4, -0.2) is 20.8 Å². The number of para-hydroxylation sites is 1. The Bertz CT molecular complexity index is 949. The molecule has 0 aliphatic rings. The number of aromatic hydroxyl groups is 1. The SMILES string of the molecule is Cc1cccc(-n2nc(C(=O)Nc3ccccc3)c(O)cc2=O)c1. The van der Waals surface area contributed by atoms with Crippen molar-refractivity contribution in [3.63, 3.8) is 0 Å². The molecule has 1 aromatic heterocycles.